The normalized spacial score (nSPS) is 16.5. The van der Waals surface area contributed by atoms with Gasteiger partial charge in [-0.3, -0.25) is 9.69 Å². The van der Waals surface area contributed by atoms with Gasteiger partial charge >= 0.3 is 0 Å². The molecule has 21 heavy (non-hydrogen) atoms. The first-order valence-corrected chi connectivity index (χ1v) is 7.41. The van der Waals surface area contributed by atoms with Crippen molar-refractivity contribution in [1.82, 2.24) is 9.80 Å². The Balaban J connectivity index is 1.77. The summed E-state index contributed by atoms with van der Waals surface area (Å²) < 4.78 is 5.16. The van der Waals surface area contributed by atoms with E-state index in [0.717, 1.165) is 37.4 Å². The molecule has 2 rings (SSSR count). The van der Waals surface area contributed by atoms with Crippen LogP contribution in [0.5, 0.6) is 5.75 Å². The van der Waals surface area contributed by atoms with Crippen LogP contribution in [0.1, 0.15) is 12.8 Å². The quantitative estimate of drug-likeness (QED) is 0.896. The van der Waals surface area contributed by atoms with Crippen LogP contribution < -0.4 is 10.1 Å². The van der Waals surface area contributed by atoms with Crippen molar-refractivity contribution in [1.29, 1.82) is 0 Å². The summed E-state index contributed by atoms with van der Waals surface area (Å²) in [4.78, 5) is 15.6. The standard InChI is InChI=1S/C16H25N3O2/c1-18(2)16(20)12-19-10-8-14(9-11-19)17-13-4-6-15(21-3)7-5-13/h4-7,14,17H,8-12H2,1-3H3. The van der Waals surface area contributed by atoms with E-state index in [-0.39, 0.29) is 5.91 Å². The van der Waals surface area contributed by atoms with Crippen molar-refractivity contribution in [2.24, 2.45) is 0 Å². The first-order chi connectivity index (χ1) is 10.1. The van der Waals surface area contributed by atoms with Crippen molar-refractivity contribution >= 4 is 11.6 Å². The highest BCUT2D eigenvalue weighted by atomic mass is 16.5. The number of piperidine rings is 1. The lowest BCUT2D eigenvalue weighted by Crippen LogP contribution is -2.43. The molecule has 1 saturated heterocycles. The number of hydrogen-bond acceptors (Lipinski definition) is 4. The van der Waals surface area contributed by atoms with Crippen molar-refractivity contribution in [3.63, 3.8) is 0 Å². The fourth-order valence-electron chi connectivity index (χ4n) is 2.49. The molecular weight excluding hydrogens is 266 g/mol. The highest BCUT2D eigenvalue weighted by Crippen LogP contribution is 2.19. The van der Waals surface area contributed by atoms with E-state index in [9.17, 15) is 4.79 Å². The van der Waals surface area contributed by atoms with E-state index in [1.807, 2.05) is 24.3 Å². The predicted molar refractivity (Wildman–Crippen MR) is 84.8 cm³/mol. The zero-order valence-electron chi connectivity index (χ0n) is 13.1. The molecule has 1 aliphatic heterocycles. The van der Waals surface area contributed by atoms with Gasteiger partial charge in [0.25, 0.3) is 0 Å². The van der Waals surface area contributed by atoms with Crippen LogP contribution in [-0.4, -0.2) is 62.6 Å². The van der Waals surface area contributed by atoms with Crippen LogP contribution in [-0.2, 0) is 4.79 Å². The summed E-state index contributed by atoms with van der Waals surface area (Å²) >= 11 is 0. The number of amides is 1. The summed E-state index contributed by atoms with van der Waals surface area (Å²) in [6, 6.07) is 8.49. The number of nitrogens with zero attached hydrogens (tertiary/aromatic N) is 2. The molecule has 0 saturated carbocycles. The second-order valence-electron chi connectivity index (χ2n) is 5.71. The molecule has 0 radical (unpaired) electrons. The monoisotopic (exact) mass is 291 g/mol. The van der Waals surface area contributed by atoms with Gasteiger partial charge in [0.2, 0.25) is 5.91 Å². The molecule has 5 heteroatoms. The van der Waals surface area contributed by atoms with E-state index in [0.29, 0.717) is 12.6 Å². The molecule has 1 fully saturated rings. The Labute approximate surface area is 126 Å². The molecule has 0 aromatic heterocycles. The smallest absolute Gasteiger partial charge is 0.236 e. The van der Waals surface area contributed by atoms with Gasteiger partial charge in [0.15, 0.2) is 0 Å². The van der Waals surface area contributed by atoms with Gasteiger partial charge in [-0.1, -0.05) is 0 Å². The fraction of sp³-hybridized carbons (Fsp3) is 0.562. The Hall–Kier alpha value is -1.75. The zero-order valence-corrected chi connectivity index (χ0v) is 13.1. The number of ether oxygens (including phenoxy) is 1. The van der Waals surface area contributed by atoms with Crippen molar-refractivity contribution in [2.75, 3.05) is 46.2 Å². The van der Waals surface area contributed by atoms with E-state index < -0.39 is 0 Å². The maximum atomic E-state index is 11.7. The molecule has 1 aromatic carbocycles. The summed E-state index contributed by atoms with van der Waals surface area (Å²) in [7, 11) is 5.29. The highest BCUT2D eigenvalue weighted by Gasteiger charge is 2.21. The Morgan fingerprint density at radius 1 is 1.29 bits per heavy atom. The van der Waals surface area contributed by atoms with Gasteiger partial charge in [-0.25, -0.2) is 0 Å². The van der Waals surface area contributed by atoms with Crippen molar-refractivity contribution in [3.8, 4) is 5.75 Å². The van der Waals surface area contributed by atoms with Gasteiger partial charge in [-0.2, -0.15) is 0 Å². The van der Waals surface area contributed by atoms with Crippen LogP contribution in [0.2, 0.25) is 0 Å². The molecular formula is C16H25N3O2. The summed E-state index contributed by atoms with van der Waals surface area (Å²) in [5, 5.41) is 3.55. The Morgan fingerprint density at radius 3 is 2.43 bits per heavy atom. The topological polar surface area (TPSA) is 44.8 Å². The average Bonchev–Trinajstić information content (AvgIpc) is 2.50. The molecule has 0 spiro atoms. The lowest BCUT2D eigenvalue weighted by atomic mass is 10.0. The van der Waals surface area contributed by atoms with E-state index in [2.05, 4.69) is 10.2 Å². The van der Waals surface area contributed by atoms with E-state index in [1.54, 1.807) is 26.1 Å². The SMILES string of the molecule is COc1ccc(NC2CCN(CC(=O)N(C)C)CC2)cc1. The fourth-order valence-corrected chi connectivity index (χ4v) is 2.49. The molecule has 0 atom stereocenters. The van der Waals surface area contributed by atoms with Gasteiger partial charge in [-0.15, -0.1) is 0 Å². The number of nitrogens with one attached hydrogen (secondary N) is 1. The Morgan fingerprint density at radius 2 is 1.90 bits per heavy atom. The van der Waals surface area contributed by atoms with Gasteiger partial charge in [0.1, 0.15) is 5.75 Å². The van der Waals surface area contributed by atoms with Crippen molar-refractivity contribution in [2.45, 2.75) is 18.9 Å². The number of hydrogen-bond donors (Lipinski definition) is 1. The number of anilines is 1. The van der Waals surface area contributed by atoms with Crippen LogP contribution >= 0.6 is 0 Å². The van der Waals surface area contributed by atoms with E-state index in [1.165, 1.54) is 0 Å². The maximum absolute atomic E-state index is 11.7. The van der Waals surface area contributed by atoms with Crippen molar-refractivity contribution in [3.05, 3.63) is 24.3 Å². The molecule has 1 aromatic rings. The summed E-state index contributed by atoms with van der Waals surface area (Å²) in [6.45, 7) is 2.46. The van der Waals surface area contributed by atoms with Gasteiger partial charge < -0.3 is 15.0 Å². The van der Waals surface area contributed by atoms with Crippen LogP contribution in [0.15, 0.2) is 24.3 Å². The number of methoxy groups -OCH3 is 1. The van der Waals surface area contributed by atoms with Crippen LogP contribution in [0.3, 0.4) is 0 Å². The van der Waals surface area contributed by atoms with Crippen molar-refractivity contribution < 1.29 is 9.53 Å². The molecule has 1 amide bonds. The molecule has 1 N–H and O–H groups in total. The molecule has 116 valence electrons. The number of benzene rings is 1. The Kier molecular flexibility index (Phi) is 5.44. The number of carbonyl (C=O) groups excluding carboxylic acids is 1. The number of likely N-dealkylation sites (tertiary alicyclic amines) is 1. The minimum atomic E-state index is 0.177. The molecule has 5 nitrogen and oxygen atoms in total. The van der Waals surface area contributed by atoms with Gasteiger partial charge in [-0.05, 0) is 37.1 Å². The zero-order chi connectivity index (χ0) is 15.2. The number of rotatable bonds is 5. The second-order valence-corrected chi connectivity index (χ2v) is 5.71. The predicted octanol–water partition coefficient (Wildman–Crippen LogP) is 1.66. The lowest BCUT2D eigenvalue weighted by molar-refractivity contribution is -0.130. The summed E-state index contributed by atoms with van der Waals surface area (Å²) in [6.07, 6.45) is 2.12. The first kappa shape index (κ1) is 15.6. The molecule has 0 unspecified atom stereocenters. The third-order valence-electron chi connectivity index (χ3n) is 3.91. The van der Waals surface area contributed by atoms with Crippen LogP contribution in [0, 0.1) is 0 Å². The third kappa shape index (κ3) is 4.63. The van der Waals surface area contributed by atoms with E-state index >= 15 is 0 Å². The van der Waals surface area contributed by atoms with Crippen LogP contribution in [0.4, 0.5) is 5.69 Å². The number of likely N-dealkylation sites (N-methyl/N-ethyl adjacent to an activating group) is 1. The third-order valence-corrected chi connectivity index (χ3v) is 3.91. The highest BCUT2D eigenvalue weighted by molar-refractivity contribution is 5.77. The minimum Gasteiger partial charge on any atom is -0.497 e. The Bertz CT molecular complexity index is 451. The lowest BCUT2D eigenvalue weighted by Gasteiger charge is -2.32. The van der Waals surface area contributed by atoms with Crippen LogP contribution in [0.25, 0.3) is 0 Å². The number of carbonyl (C=O) groups is 1. The first-order valence-electron chi connectivity index (χ1n) is 7.41. The molecule has 1 heterocycles. The second kappa shape index (κ2) is 7.31. The summed E-state index contributed by atoms with van der Waals surface area (Å²) in [5.74, 6) is 1.05. The minimum absolute atomic E-state index is 0.177. The van der Waals surface area contributed by atoms with E-state index in [4.69, 9.17) is 4.74 Å². The molecule has 0 aliphatic carbocycles. The van der Waals surface area contributed by atoms with Gasteiger partial charge in [0.05, 0.1) is 13.7 Å². The largest absolute Gasteiger partial charge is 0.497 e. The summed E-state index contributed by atoms with van der Waals surface area (Å²) in [5.41, 5.74) is 1.12. The average molecular weight is 291 g/mol. The molecule has 0 bridgehead atoms. The van der Waals surface area contributed by atoms with Gasteiger partial charge in [0, 0.05) is 38.9 Å². The maximum Gasteiger partial charge on any atom is 0.236 e. The molecule has 1 aliphatic rings.